The summed E-state index contributed by atoms with van der Waals surface area (Å²) in [6.07, 6.45) is 0. The fourth-order valence-electron chi connectivity index (χ4n) is 1.11. The molecule has 0 aromatic carbocycles. The maximum atomic E-state index is 11.7. The maximum absolute atomic E-state index is 11.7. The van der Waals surface area contributed by atoms with Crippen molar-refractivity contribution < 1.29 is 4.79 Å². The first-order chi connectivity index (χ1) is 7.27. The zero-order valence-corrected chi connectivity index (χ0v) is 10.7. The van der Waals surface area contributed by atoms with Crippen LogP contribution in [0.25, 0.3) is 0 Å². The van der Waals surface area contributed by atoms with Crippen LogP contribution in [0, 0.1) is 25.2 Å². The van der Waals surface area contributed by atoms with E-state index in [4.69, 9.17) is 11.0 Å². The monoisotopic (exact) mass is 237 g/mol. The van der Waals surface area contributed by atoms with Gasteiger partial charge >= 0.3 is 0 Å². The molecule has 0 saturated heterocycles. The number of nitrogens with one attached hydrogen (secondary N) is 1. The minimum absolute atomic E-state index is 0.287. The van der Waals surface area contributed by atoms with E-state index >= 15 is 0 Å². The highest BCUT2D eigenvalue weighted by atomic mass is 32.1. The number of carbonyl (C=O) groups is 1. The molecule has 0 radical (unpaired) electrons. The summed E-state index contributed by atoms with van der Waals surface area (Å²) in [6.45, 7) is 7.04. The third-order valence-corrected chi connectivity index (χ3v) is 3.43. The molecular weight excluding hydrogens is 222 g/mol. The molecule has 0 saturated carbocycles. The second kappa shape index (κ2) is 4.24. The molecule has 5 heteroatoms. The fourth-order valence-corrected chi connectivity index (χ4v) is 2.12. The number of rotatable bonds is 2. The van der Waals surface area contributed by atoms with Gasteiger partial charge < -0.3 is 11.1 Å². The van der Waals surface area contributed by atoms with Crippen molar-refractivity contribution in [3.8, 4) is 6.07 Å². The van der Waals surface area contributed by atoms with Crippen molar-refractivity contribution in [3.05, 3.63) is 16.0 Å². The van der Waals surface area contributed by atoms with Gasteiger partial charge in [-0.05, 0) is 33.3 Å². The first kappa shape index (κ1) is 12.7. The lowest BCUT2D eigenvalue weighted by Gasteiger charge is -2.16. The van der Waals surface area contributed by atoms with Crippen molar-refractivity contribution in [2.75, 3.05) is 5.32 Å². The molecule has 0 fully saturated rings. The molecule has 4 nitrogen and oxygen atoms in total. The summed E-state index contributed by atoms with van der Waals surface area (Å²) in [5.41, 5.74) is 6.17. The normalized spacial score (nSPS) is 11.0. The van der Waals surface area contributed by atoms with E-state index in [1.807, 2.05) is 13.8 Å². The van der Waals surface area contributed by atoms with E-state index in [1.165, 1.54) is 11.3 Å². The van der Waals surface area contributed by atoms with Crippen molar-refractivity contribution >= 4 is 22.2 Å². The van der Waals surface area contributed by atoms with Gasteiger partial charge in [-0.1, -0.05) is 0 Å². The van der Waals surface area contributed by atoms with Crippen LogP contribution in [-0.4, -0.2) is 11.4 Å². The number of thiophene rings is 1. The zero-order chi connectivity index (χ0) is 12.5. The van der Waals surface area contributed by atoms with Crippen LogP contribution in [0.4, 0.5) is 5.00 Å². The molecule has 0 atom stereocenters. The molecule has 86 valence electrons. The van der Waals surface area contributed by atoms with E-state index in [1.54, 1.807) is 13.8 Å². The number of nitrogens with two attached hydrogens (primary N) is 1. The lowest BCUT2D eigenvalue weighted by Crippen LogP contribution is -2.45. The summed E-state index contributed by atoms with van der Waals surface area (Å²) in [5.74, 6) is -0.287. The van der Waals surface area contributed by atoms with Crippen molar-refractivity contribution in [3.63, 3.8) is 0 Å². The SMILES string of the molecule is Cc1sc(NC(=O)C(C)(C)N)c(C#N)c1C. The molecule has 0 aliphatic carbocycles. The van der Waals surface area contributed by atoms with Gasteiger partial charge in [-0.3, -0.25) is 4.79 Å². The Labute approximate surface area is 99.1 Å². The van der Waals surface area contributed by atoms with Crippen molar-refractivity contribution in [1.82, 2.24) is 0 Å². The van der Waals surface area contributed by atoms with Gasteiger partial charge in [-0.15, -0.1) is 11.3 Å². The number of carbonyl (C=O) groups excluding carboxylic acids is 1. The third kappa shape index (κ3) is 2.40. The highest BCUT2D eigenvalue weighted by Gasteiger charge is 2.24. The Hall–Kier alpha value is -1.38. The highest BCUT2D eigenvalue weighted by Crippen LogP contribution is 2.31. The number of hydrogen-bond donors (Lipinski definition) is 2. The van der Waals surface area contributed by atoms with Gasteiger partial charge in [0.15, 0.2) is 0 Å². The summed E-state index contributed by atoms with van der Waals surface area (Å²) >= 11 is 1.40. The standard InChI is InChI=1S/C11H15N3OS/c1-6-7(2)16-9(8(6)5-12)14-10(15)11(3,4)13/h13H2,1-4H3,(H,14,15). The predicted octanol–water partition coefficient (Wildman–Crippen LogP) is 1.91. The first-order valence-corrected chi connectivity index (χ1v) is 5.69. The lowest BCUT2D eigenvalue weighted by molar-refractivity contribution is -0.120. The van der Waals surface area contributed by atoms with Gasteiger partial charge in [-0.2, -0.15) is 5.26 Å². The fraction of sp³-hybridized carbons (Fsp3) is 0.455. The Kier molecular flexibility index (Phi) is 3.36. The predicted molar refractivity (Wildman–Crippen MR) is 65.4 cm³/mol. The lowest BCUT2D eigenvalue weighted by atomic mass is 10.1. The van der Waals surface area contributed by atoms with E-state index < -0.39 is 5.54 Å². The molecule has 3 N–H and O–H groups in total. The van der Waals surface area contributed by atoms with Crippen molar-refractivity contribution in [2.45, 2.75) is 33.2 Å². The first-order valence-electron chi connectivity index (χ1n) is 4.87. The number of amides is 1. The van der Waals surface area contributed by atoms with E-state index in [0.717, 1.165) is 10.4 Å². The average Bonchev–Trinajstić information content (AvgIpc) is 2.41. The minimum atomic E-state index is -0.946. The molecule has 16 heavy (non-hydrogen) atoms. The van der Waals surface area contributed by atoms with Crippen LogP contribution >= 0.6 is 11.3 Å². The number of nitriles is 1. The Balaban J connectivity index is 3.04. The second-order valence-corrected chi connectivity index (χ2v) is 5.50. The quantitative estimate of drug-likeness (QED) is 0.824. The van der Waals surface area contributed by atoms with E-state index in [0.29, 0.717) is 10.6 Å². The molecule has 1 aromatic rings. The van der Waals surface area contributed by atoms with Gasteiger partial charge in [0.25, 0.3) is 0 Å². The van der Waals surface area contributed by atoms with Gasteiger partial charge in [0.05, 0.1) is 11.1 Å². The summed E-state index contributed by atoms with van der Waals surface area (Å²) in [5, 5.41) is 12.3. The zero-order valence-electron chi connectivity index (χ0n) is 9.84. The number of hydrogen-bond acceptors (Lipinski definition) is 4. The summed E-state index contributed by atoms with van der Waals surface area (Å²) < 4.78 is 0. The van der Waals surface area contributed by atoms with Crippen LogP contribution in [0.3, 0.4) is 0 Å². The summed E-state index contributed by atoms with van der Waals surface area (Å²) in [7, 11) is 0. The van der Waals surface area contributed by atoms with Crippen LogP contribution in [0.5, 0.6) is 0 Å². The van der Waals surface area contributed by atoms with Crippen LogP contribution in [0.2, 0.25) is 0 Å². The average molecular weight is 237 g/mol. The molecule has 1 aromatic heterocycles. The van der Waals surface area contributed by atoms with E-state index in [-0.39, 0.29) is 5.91 Å². The number of anilines is 1. The second-order valence-electron chi connectivity index (χ2n) is 4.27. The third-order valence-electron chi connectivity index (χ3n) is 2.31. The molecular formula is C11H15N3OS. The van der Waals surface area contributed by atoms with E-state index in [9.17, 15) is 4.79 Å². The Morgan fingerprint density at radius 1 is 1.50 bits per heavy atom. The van der Waals surface area contributed by atoms with Crippen LogP contribution < -0.4 is 11.1 Å². The smallest absolute Gasteiger partial charge is 0.244 e. The molecule has 0 spiro atoms. The van der Waals surface area contributed by atoms with Crippen molar-refractivity contribution in [2.24, 2.45) is 5.73 Å². The molecule has 1 amide bonds. The molecule has 1 rings (SSSR count). The maximum Gasteiger partial charge on any atom is 0.244 e. The number of nitrogens with zero attached hydrogens (tertiary/aromatic N) is 1. The molecule has 0 aliphatic heterocycles. The number of aryl methyl sites for hydroxylation is 1. The summed E-state index contributed by atoms with van der Waals surface area (Å²) in [4.78, 5) is 12.7. The summed E-state index contributed by atoms with van der Waals surface area (Å²) in [6, 6.07) is 2.10. The minimum Gasteiger partial charge on any atom is -0.318 e. The van der Waals surface area contributed by atoms with Crippen LogP contribution in [0.1, 0.15) is 29.9 Å². The highest BCUT2D eigenvalue weighted by molar-refractivity contribution is 7.16. The molecule has 0 unspecified atom stereocenters. The molecule has 0 aliphatic rings. The largest absolute Gasteiger partial charge is 0.318 e. The van der Waals surface area contributed by atoms with E-state index in [2.05, 4.69) is 11.4 Å². The molecule has 0 bridgehead atoms. The van der Waals surface area contributed by atoms with Gasteiger partial charge in [0, 0.05) is 4.88 Å². The van der Waals surface area contributed by atoms with Crippen LogP contribution in [-0.2, 0) is 4.79 Å². The Bertz CT molecular complexity index is 463. The Morgan fingerprint density at radius 3 is 2.50 bits per heavy atom. The van der Waals surface area contributed by atoms with Crippen LogP contribution in [0.15, 0.2) is 0 Å². The van der Waals surface area contributed by atoms with Gasteiger partial charge in [-0.25, -0.2) is 0 Å². The van der Waals surface area contributed by atoms with Gasteiger partial charge in [0.2, 0.25) is 5.91 Å². The topological polar surface area (TPSA) is 78.9 Å². The van der Waals surface area contributed by atoms with Crippen molar-refractivity contribution in [1.29, 1.82) is 5.26 Å². The molecule has 1 heterocycles. The Morgan fingerprint density at radius 2 is 2.06 bits per heavy atom. The van der Waals surface area contributed by atoms with Gasteiger partial charge in [0.1, 0.15) is 11.1 Å².